The second-order valence-electron chi connectivity index (χ2n) is 9.02. The maximum absolute atomic E-state index is 15.1. The molecule has 0 saturated carbocycles. The first-order valence-corrected chi connectivity index (χ1v) is 11.8. The molecule has 1 aliphatic rings. The van der Waals surface area contributed by atoms with Gasteiger partial charge in [-0.3, -0.25) is 14.6 Å². The fourth-order valence-corrected chi connectivity index (χ4v) is 5.35. The van der Waals surface area contributed by atoms with Crippen LogP contribution in [-0.4, -0.2) is 63.5 Å². The van der Waals surface area contributed by atoms with Crippen molar-refractivity contribution in [3.05, 3.63) is 47.7 Å². The third-order valence-electron chi connectivity index (χ3n) is 6.17. The van der Waals surface area contributed by atoms with Crippen molar-refractivity contribution in [1.29, 1.82) is 0 Å². The number of thioether (sulfide) groups is 1. The fraction of sp³-hybridized carbons (Fsp3) is 0.435. The topological polar surface area (TPSA) is 123 Å². The molecule has 0 bridgehead atoms. The number of alkyl halides is 3. The summed E-state index contributed by atoms with van der Waals surface area (Å²) in [6.45, 7) is 3.63. The average Bonchev–Trinajstić information content (AvgIpc) is 2.81. The molecule has 9 nitrogen and oxygen atoms in total. The molecule has 3 N–H and O–H groups in total. The number of nitrogens with two attached hydrogens (primary N) is 1. The lowest BCUT2D eigenvalue weighted by molar-refractivity contribution is -0.154. The molecule has 0 spiro atoms. The van der Waals surface area contributed by atoms with Crippen LogP contribution in [0.5, 0.6) is 5.88 Å². The Morgan fingerprint density at radius 3 is 2.46 bits per heavy atom. The van der Waals surface area contributed by atoms with Gasteiger partial charge in [0.05, 0.1) is 17.9 Å². The monoisotopic (exact) mass is 542 g/mol. The molecule has 1 unspecified atom stereocenters. The standard InChI is InChI=1S/C23H26F4N6O3S/c1-12-21(2,32-20(28)37-22(12,3)19(35)33(4)5)14-8-13(6-7-15(14)24)31-18(34)16-9-30-17(10-29-16)36-11-23(25,26)27/h6-10,12H,11H2,1-5H3,(H2,28,32)(H,31,34)/t12?,21-,22-/m0/s1. The van der Waals surface area contributed by atoms with Crippen LogP contribution in [0, 0.1) is 11.7 Å². The van der Waals surface area contributed by atoms with E-state index in [0.29, 0.717) is 0 Å². The number of benzene rings is 1. The van der Waals surface area contributed by atoms with Crippen LogP contribution in [0.2, 0.25) is 0 Å². The molecule has 0 fully saturated rings. The van der Waals surface area contributed by atoms with Gasteiger partial charge in [0, 0.05) is 31.3 Å². The van der Waals surface area contributed by atoms with Gasteiger partial charge in [-0.2, -0.15) is 13.2 Å². The number of rotatable bonds is 6. The molecule has 2 aromatic rings. The number of ether oxygens (including phenoxy) is 1. The molecule has 2 amide bonds. The Kier molecular flexibility index (Phi) is 7.72. The van der Waals surface area contributed by atoms with Crippen molar-refractivity contribution in [2.75, 3.05) is 26.0 Å². The smallest absolute Gasteiger partial charge is 0.422 e. The van der Waals surface area contributed by atoms with Gasteiger partial charge in [0.2, 0.25) is 11.8 Å². The maximum atomic E-state index is 15.1. The zero-order valence-electron chi connectivity index (χ0n) is 20.7. The SMILES string of the molecule is CC1[C@@](C)(C(=O)N(C)C)SC(N)=N[C@]1(C)c1cc(NC(=O)c2cnc(OCC(F)(F)F)cn2)ccc1F. The van der Waals surface area contributed by atoms with E-state index >= 15 is 4.39 Å². The minimum atomic E-state index is -4.55. The predicted octanol–water partition coefficient (Wildman–Crippen LogP) is 3.57. The van der Waals surface area contributed by atoms with E-state index in [2.05, 4.69) is 25.0 Å². The third kappa shape index (κ3) is 5.95. The summed E-state index contributed by atoms with van der Waals surface area (Å²) in [6.07, 6.45) is -2.70. The minimum absolute atomic E-state index is 0.112. The second kappa shape index (κ2) is 10.1. The summed E-state index contributed by atoms with van der Waals surface area (Å²) in [4.78, 5) is 39.0. The Morgan fingerprint density at radius 2 is 1.89 bits per heavy atom. The van der Waals surface area contributed by atoms with Crippen LogP contribution < -0.4 is 15.8 Å². The molecule has 3 rings (SSSR count). The van der Waals surface area contributed by atoms with Gasteiger partial charge in [-0.15, -0.1) is 0 Å². The normalized spacial score (nSPS) is 23.7. The molecule has 14 heteroatoms. The van der Waals surface area contributed by atoms with Gasteiger partial charge in [-0.1, -0.05) is 18.7 Å². The summed E-state index contributed by atoms with van der Waals surface area (Å²) in [5.74, 6) is -2.47. The summed E-state index contributed by atoms with van der Waals surface area (Å²) < 4.78 is 55.4. The number of hydrogen-bond donors (Lipinski definition) is 2. The van der Waals surface area contributed by atoms with Crippen LogP contribution in [0.4, 0.5) is 23.2 Å². The molecular weight excluding hydrogens is 516 g/mol. The maximum Gasteiger partial charge on any atom is 0.422 e. The Labute approximate surface area is 214 Å². The number of nitrogens with one attached hydrogen (secondary N) is 1. The minimum Gasteiger partial charge on any atom is -0.467 e. The largest absolute Gasteiger partial charge is 0.467 e. The summed E-state index contributed by atoms with van der Waals surface area (Å²) >= 11 is 1.11. The first kappa shape index (κ1) is 28.2. The molecule has 2 heterocycles. The van der Waals surface area contributed by atoms with Crippen molar-refractivity contribution < 1.29 is 31.9 Å². The van der Waals surface area contributed by atoms with Crippen molar-refractivity contribution in [1.82, 2.24) is 14.9 Å². The lowest BCUT2D eigenvalue weighted by atomic mass is 9.73. The van der Waals surface area contributed by atoms with E-state index in [4.69, 9.17) is 5.73 Å². The number of hydrogen-bond acceptors (Lipinski definition) is 8. The fourth-order valence-electron chi connectivity index (χ4n) is 4.01. The number of aromatic nitrogens is 2. The van der Waals surface area contributed by atoms with Gasteiger partial charge in [-0.25, -0.2) is 14.4 Å². The molecule has 1 aromatic carbocycles. The first-order chi connectivity index (χ1) is 17.1. The van der Waals surface area contributed by atoms with E-state index in [1.165, 1.54) is 17.0 Å². The van der Waals surface area contributed by atoms with Crippen LogP contribution in [0.1, 0.15) is 36.8 Å². The highest BCUT2D eigenvalue weighted by Crippen LogP contribution is 2.51. The van der Waals surface area contributed by atoms with E-state index in [-0.39, 0.29) is 28.0 Å². The highest BCUT2D eigenvalue weighted by molar-refractivity contribution is 8.15. The highest BCUT2D eigenvalue weighted by atomic mass is 32.2. The van der Waals surface area contributed by atoms with Crippen molar-refractivity contribution in [2.45, 2.75) is 37.2 Å². The van der Waals surface area contributed by atoms with E-state index in [1.54, 1.807) is 34.9 Å². The third-order valence-corrected chi connectivity index (χ3v) is 7.43. The molecule has 37 heavy (non-hydrogen) atoms. The van der Waals surface area contributed by atoms with Gasteiger partial charge in [0.15, 0.2) is 11.8 Å². The van der Waals surface area contributed by atoms with Crippen LogP contribution >= 0.6 is 11.8 Å². The van der Waals surface area contributed by atoms with Crippen LogP contribution in [0.15, 0.2) is 35.6 Å². The molecular formula is C23H26F4N6O3S. The number of anilines is 1. The summed E-state index contributed by atoms with van der Waals surface area (Å²) in [5.41, 5.74) is 4.94. The number of carbonyl (C=O) groups excluding carboxylic acids is 2. The number of aliphatic imine (C=N–C) groups is 1. The summed E-state index contributed by atoms with van der Waals surface area (Å²) in [6, 6.07) is 3.88. The molecule has 1 aliphatic heterocycles. The van der Waals surface area contributed by atoms with E-state index < -0.39 is 46.6 Å². The van der Waals surface area contributed by atoms with Crippen molar-refractivity contribution >= 4 is 34.4 Å². The lowest BCUT2D eigenvalue weighted by Crippen LogP contribution is -2.56. The number of halogens is 4. The molecule has 0 aliphatic carbocycles. The predicted molar refractivity (Wildman–Crippen MR) is 131 cm³/mol. The molecule has 200 valence electrons. The van der Waals surface area contributed by atoms with E-state index in [0.717, 1.165) is 30.2 Å². The van der Waals surface area contributed by atoms with Gasteiger partial charge in [-0.05, 0) is 32.0 Å². The Bertz CT molecular complexity index is 1220. The van der Waals surface area contributed by atoms with Crippen LogP contribution in [-0.2, 0) is 10.3 Å². The van der Waals surface area contributed by atoms with Gasteiger partial charge in [0.1, 0.15) is 16.3 Å². The molecule has 0 saturated heterocycles. The van der Waals surface area contributed by atoms with Crippen LogP contribution in [0.3, 0.4) is 0 Å². The molecule has 3 atom stereocenters. The van der Waals surface area contributed by atoms with Crippen molar-refractivity contribution in [3.8, 4) is 5.88 Å². The number of carbonyl (C=O) groups is 2. The van der Waals surface area contributed by atoms with Crippen molar-refractivity contribution in [3.63, 3.8) is 0 Å². The summed E-state index contributed by atoms with van der Waals surface area (Å²) in [7, 11) is 3.24. The van der Waals surface area contributed by atoms with Crippen molar-refractivity contribution in [2.24, 2.45) is 16.6 Å². The molecule has 1 aromatic heterocycles. The Balaban J connectivity index is 1.87. The lowest BCUT2D eigenvalue weighted by Gasteiger charge is -2.47. The zero-order valence-corrected chi connectivity index (χ0v) is 21.5. The molecule has 0 radical (unpaired) electrons. The second-order valence-corrected chi connectivity index (χ2v) is 10.5. The summed E-state index contributed by atoms with van der Waals surface area (Å²) in [5, 5.41) is 2.68. The van der Waals surface area contributed by atoms with Gasteiger partial charge in [0.25, 0.3) is 5.91 Å². The number of amidine groups is 1. The quantitative estimate of drug-likeness (QED) is 0.535. The van der Waals surface area contributed by atoms with Crippen LogP contribution in [0.25, 0.3) is 0 Å². The first-order valence-electron chi connectivity index (χ1n) is 11.0. The average molecular weight is 543 g/mol. The highest BCUT2D eigenvalue weighted by Gasteiger charge is 2.54. The Morgan fingerprint density at radius 1 is 1.22 bits per heavy atom. The van der Waals surface area contributed by atoms with Gasteiger partial charge < -0.3 is 20.7 Å². The number of amides is 2. The van der Waals surface area contributed by atoms with E-state index in [1.807, 2.05) is 0 Å². The Hall–Kier alpha value is -3.42. The number of nitrogens with zero attached hydrogens (tertiary/aromatic N) is 4. The van der Waals surface area contributed by atoms with Gasteiger partial charge >= 0.3 is 6.18 Å². The zero-order chi connectivity index (χ0) is 27.8. The van der Waals surface area contributed by atoms with E-state index in [9.17, 15) is 22.8 Å².